The Hall–Kier alpha value is -2.30. The number of carboxylic acid groups (broad SMARTS) is 1. The van der Waals surface area contributed by atoms with Crippen molar-refractivity contribution in [3.05, 3.63) is 41.5 Å². The van der Waals surface area contributed by atoms with Gasteiger partial charge in [0.25, 0.3) is 5.91 Å². The number of nitrogens with zero attached hydrogens (tertiary/aromatic N) is 1. The number of carboxylic acids is 1. The van der Waals surface area contributed by atoms with Gasteiger partial charge >= 0.3 is 5.97 Å². The largest absolute Gasteiger partial charge is 0.490 e. The molecule has 0 radical (unpaired) electrons. The molecule has 22 heavy (non-hydrogen) atoms. The molecule has 0 aliphatic carbocycles. The zero-order chi connectivity index (χ0) is 16.1. The molecule has 0 bridgehead atoms. The molecule has 1 saturated heterocycles. The van der Waals surface area contributed by atoms with Crippen LogP contribution in [0.5, 0.6) is 5.75 Å². The van der Waals surface area contributed by atoms with Crippen LogP contribution in [0.15, 0.2) is 35.9 Å². The summed E-state index contributed by atoms with van der Waals surface area (Å²) in [5.41, 5.74) is 1.70. The fourth-order valence-corrected chi connectivity index (χ4v) is 2.35. The second-order valence-corrected chi connectivity index (χ2v) is 5.70. The van der Waals surface area contributed by atoms with Crippen LogP contribution >= 0.6 is 0 Å². The lowest BCUT2D eigenvalue weighted by molar-refractivity contribution is -0.141. The van der Waals surface area contributed by atoms with Gasteiger partial charge in [0.1, 0.15) is 12.4 Å². The number of likely N-dealkylation sites (tertiary alicyclic amines) is 1. The van der Waals surface area contributed by atoms with E-state index in [0.29, 0.717) is 30.9 Å². The molecule has 0 aromatic heterocycles. The van der Waals surface area contributed by atoms with Crippen LogP contribution in [0.3, 0.4) is 0 Å². The first-order valence-electron chi connectivity index (χ1n) is 7.35. The van der Waals surface area contributed by atoms with Crippen molar-refractivity contribution in [2.45, 2.75) is 20.3 Å². The van der Waals surface area contributed by atoms with Crippen molar-refractivity contribution >= 4 is 11.9 Å². The molecule has 1 amide bonds. The van der Waals surface area contributed by atoms with Gasteiger partial charge in [0.2, 0.25) is 0 Å². The molecular weight excluding hydrogens is 282 g/mol. The van der Waals surface area contributed by atoms with Crippen molar-refractivity contribution in [1.82, 2.24) is 4.90 Å². The predicted octanol–water partition coefficient (Wildman–Crippen LogP) is 2.58. The predicted molar refractivity (Wildman–Crippen MR) is 83.0 cm³/mol. The van der Waals surface area contributed by atoms with Crippen LogP contribution < -0.4 is 4.74 Å². The van der Waals surface area contributed by atoms with Crippen molar-refractivity contribution in [2.24, 2.45) is 5.92 Å². The first-order valence-corrected chi connectivity index (χ1v) is 7.35. The molecule has 2 rings (SSSR count). The second kappa shape index (κ2) is 7.11. The van der Waals surface area contributed by atoms with Gasteiger partial charge in [0.15, 0.2) is 0 Å². The SMILES string of the molecule is CC(C)=CCOc1cccc(C(=O)N2CCC(C(=O)O)C2)c1. The highest BCUT2D eigenvalue weighted by molar-refractivity contribution is 5.95. The smallest absolute Gasteiger partial charge is 0.308 e. The molecular formula is C17H21NO4. The van der Waals surface area contributed by atoms with E-state index in [0.717, 1.165) is 0 Å². The minimum absolute atomic E-state index is 0.142. The molecule has 1 atom stereocenters. The van der Waals surface area contributed by atoms with E-state index in [4.69, 9.17) is 9.84 Å². The maximum Gasteiger partial charge on any atom is 0.308 e. The van der Waals surface area contributed by atoms with Gasteiger partial charge < -0.3 is 14.7 Å². The molecule has 1 aliphatic rings. The molecule has 1 N–H and O–H groups in total. The van der Waals surface area contributed by atoms with Crippen molar-refractivity contribution in [1.29, 1.82) is 0 Å². The number of aliphatic carboxylic acids is 1. The van der Waals surface area contributed by atoms with Gasteiger partial charge in [-0.3, -0.25) is 9.59 Å². The minimum Gasteiger partial charge on any atom is -0.490 e. The molecule has 1 fully saturated rings. The zero-order valence-corrected chi connectivity index (χ0v) is 12.9. The van der Waals surface area contributed by atoms with E-state index in [9.17, 15) is 9.59 Å². The Morgan fingerprint density at radius 2 is 2.18 bits per heavy atom. The highest BCUT2D eigenvalue weighted by atomic mass is 16.5. The number of hydrogen-bond acceptors (Lipinski definition) is 3. The lowest BCUT2D eigenvalue weighted by atomic mass is 10.1. The summed E-state index contributed by atoms with van der Waals surface area (Å²) in [6, 6.07) is 7.01. The average molecular weight is 303 g/mol. The van der Waals surface area contributed by atoms with Gasteiger partial charge in [-0.25, -0.2) is 0 Å². The normalized spacial score (nSPS) is 17.2. The van der Waals surface area contributed by atoms with Crippen LogP contribution in [0.25, 0.3) is 0 Å². The maximum absolute atomic E-state index is 12.4. The average Bonchev–Trinajstić information content (AvgIpc) is 2.96. The lowest BCUT2D eigenvalue weighted by Gasteiger charge is -2.16. The van der Waals surface area contributed by atoms with E-state index < -0.39 is 11.9 Å². The third-order valence-electron chi connectivity index (χ3n) is 3.65. The van der Waals surface area contributed by atoms with Gasteiger partial charge in [-0.15, -0.1) is 0 Å². The number of carbonyl (C=O) groups excluding carboxylic acids is 1. The van der Waals surface area contributed by atoms with Gasteiger partial charge in [0, 0.05) is 18.7 Å². The lowest BCUT2D eigenvalue weighted by Crippen LogP contribution is -2.29. The Bertz CT molecular complexity index is 590. The highest BCUT2D eigenvalue weighted by Crippen LogP contribution is 2.21. The van der Waals surface area contributed by atoms with Crippen LogP contribution in [-0.2, 0) is 4.79 Å². The molecule has 1 heterocycles. The Morgan fingerprint density at radius 3 is 2.82 bits per heavy atom. The fraction of sp³-hybridized carbons (Fsp3) is 0.412. The van der Waals surface area contributed by atoms with Crippen molar-refractivity contribution in [3.63, 3.8) is 0 Å². The Morgan fingerprint density at radius 1 is 1.41 bits per heavy atom. The highest BCUT2D eigenvalue weighted by Gasteiger charge is 2.31. The quantitative estimate of drug-likeness (QED) is 0.849. The van der Waals surface area contributed by atoms with E-state index in [-0.39, 0.29) is 12.5 Å². The summed E-state index contributed by atoms with van der Waals surface area (Å²) in [5, 5.41) is 9.01. The molecule has 5 heteroatoms. The Labute approximate surface area is 130 Å². The summed E-state index contributed by atoms with van der Waals surface area (Å²) in [5.74, 6) is -0.802. The summed E-state index contributed by atoms with van der Waals surface area (Å²) in [4.78, 5) is 25.0. The van der Waals surface area contributed by atoms with Gasteiger partial charge in [-0.1, -0.05) is 11.6 Å². The summed E-state index contributed by atoms with van der Waals surface area (Å²) in [7, 11) is 0. The van der Waals surface area contributed by atoms with Gasteiger partial charge in [-0.05, 0) is 44.5 Å². The molecule has 0 spiro atoms. The number of carbonyl (C=O) groups is 2. The monoisotopic (exact) mass is 303 g/mol. The van der Waals surface area contributed by atoms with Crippen molar-refractivity contribution in [3.8, 4) is 5.75 Å². The van der Waals surface area contributed by atoms with Crippen LogP contribution in [0.2, 0.25) is 0 Å². The third kappa shape index (κ3) is 4.10. The number of benzene rings is 1. The molecule has 0 saturated carbocycles. The number of amides is 1. The number of rotatable bonds is 5. The van der Waals surface area contributed by atoms with E-state index >= 15 is 0 Å². The third-order valence-corrected chi connectivity index (χ3v) is 3.65. The van der Waals surface area contributed by atoms with E-state index in [2.05, 4.69) is 0 Å². The maximum atomic E-state index is 12.4. The van der Waals surface area contributed by atoms with Crippen LogP contribution in [0, 0.1) is 5.92 Å². The first kappa shape index (κ1) is 16.1. The Kier molecular flexibility index (Phi) is 5.20. The van der Waals surface area contributed by atoms with Gasteiger partial charge in [0.05, 0.1) is 5.92 Å². The number of allylic oxidation sites excluding steroid dienone is 1. The minimum atomic E-state index is -0.839. The standard InChI is InChI=1S/C17H21NO4/c1-12(2)7-9-22-15-5-3-4-13(10-15)16(19)18-8-6-14(11-18)17(20)21/h3-5,7,10,14H,6,8-9,11H2,1-2H3,(H,20,21). The number of hydrogen-bond donors (Lipinski definition) is 1. The molecule has 1 aromatic rings. The van der Waals surface area contributed by atoms with Gasteiger partial charge in [-0.2, -0.15) is 0 Å². The molecule has 1 unspecified atom stereocenters. The van der Waals surface area contributed by atoms with Crippen LogP contribution in [0.1, 0.15) is 30.6 Å². The summed E-state index contributed by atoms with van der Waals surface area (Å²) < 4.78 is 5.59. The topological polar surface area (TPSA) is 66.8 Å². The fourth-order valence-electron chi connectivity index (χ4n) is 2.35. The van der Waals surface area contributed by atoms with E-state index in [1.807, 2.05) is 19.9 Å². The van der Waals surface area contributed by atoms with Crippen LogP contribution in [0.4, 0.5) is 0 Å². The molecule has 118 valence electrons. The summed E-state index contributed by atoms with van der Waals surface area (Å²) >= 11 is 0. The summed E-state index contributed by atoms with van der Waals surface area (Å²) in [6.45, 7) is 5.21. The molecule has 1 aliphatic heterocycles. The van der Waals surface area contributed by atoms with Crippen molar-refractivity contribution < 1.29 is 19.4 Å². The van der Waals surface area contributed by atoms with Crippen molar-refractivity contribution in [2.75, 3.05) is 19.7 Å². The molecule has 1 aromatic carbocycles. The summed E-state index contributed by atoms with van der Waals surface area (Å²) in [6.07, 6.45) is 2.48. The van der Waals surface area contributed by atoms with E-state index in [1.165, 1.54) is 5.57 Å². The Balaban J connectivity index is 2.01. The number of ether oxygens (including phenoxy) is 1. The van der Waals surface area contributed by atoms with Crippen LogP contribution in [-0.4, -0.2) is 41.6 Å². The van der Waals surface area contributed by atoms with E-state index in [1.54, 1.807) is 29.2 Å². The second-order valence-electron chi connectivity index (χ2n) is 5.70. The zero-order valence-electron chi connectivity index (χ0n) is 12.9. The first-order chi connectivity index (χ1) is 10.5. The molecule has 5 nitrogen and oxygen atoms in total.